The van der Waals surface area contributed by atoms with E-state index in [0.29, 0.717) is 22.9 Å². The predicted molar refractivity (Wildman–Crippen MR) is 113 cm³/mol. The molecule has 0 radical (unpaired) electrons. The molecule has 29 heavy (non-hydrogen) atoms. The molecule has 2 amide bonds. The van der Waals surface area contributed by atoms with E-state index < -0.39 is 15.9 Å². The van der Waals surface area contributed by atoms with Crippen molar-refractivity contribution in [2.24, 2.45) is 5.92 Å². The Morgan fingerprint density at radius 3 is 2.52 bits per heavy atom. The van der Waals surface area contributed by atoms with Gasteiger partial charge in [0.25, 0.3) is 0 Å². The average molecular weight is 436 g/mol. The molecule has 2 N–H and O–H groups in total. The highest BCUT2D eigenvalue weighted by Crippen LogP contribution is 2.29. The van der Waals surface area contributed by atoms with Gasteiger partial charge in [0.05, 0.1) is 10.8 Å². The minimum Gasteiger partial charge on any atom is -0.326 e. The number of rotatable bonds is 6. The monoisotopic (exact) mass is 435 g/mol. The van der Waals surface area contributed by atoms with Gasteiger partial charge in [0.2, 0.25) is 21.8 Å². The maximum Gasteiger partial charge on any atom is 0.240 e. The molecule has 0 aromatic heterocycles. The molecule has 7 nitrogen and oxygen atoms in total. The van der Waals surface area contributed by atoms with Crippen LogP contribution in [0.15, 0.2) is 47.4 Å². The van der Waals surface area contributed by atoms with Crippen LogP contribution in [0.3, 0.4) is 0 Å². The van der Waals surface area contributed by atoms with E-state index in [1.54, 1.807) is 17.9 Å². The van der Waals surface area contributed by atoms with E-state index in [2.05, 4.69) is 10.0 Å². The number of halogens is 1. The lowest BCUT2D eigenvalue weighted by atomic mass is 10.1. The van der Waals surface area contributed by atoms with Crippen LogP contribution in [-0.4, -0.2) is 33.3 Å². The summed E-state index contributed by atoms with van der Waals surface area (Å²) in [5.41, 5.74) is 2.05. The Kier molecular flexibility index (Phi) is 6.26. The summed E-state index contributed by atoms with van der Waals surface area (Å²) in [5.74, 6) is -0.939. The number of nitrogens with one attached hydrogen (secondary N) is 2. The quantitative estimate of drug-likeness (QED) is 0.729. The highest BCUT2D eigenvalue weighted by Gasteiger charge is 2.35. The predicted octanol–water partition coefficient (Wildman–Crippen LogP) is 2.94. The van der Waals surface area contributed by atoms with Crippen molar-refractivity contribution in [1.29, 1.82) is 0 Å². The Balaban J connectivity index is 1.67. The van der Waals surface area contributed by atoms with Crippen LogP contribution < -0.4 is 14.9 Å². The first-order valence-corrected chi connectivity index (χ1v) is 11.0. The minimum absolute atomic E-state index is 0.101. The Bertz CT molecular complexity index is 1040. The van der Waals surface area contributed by atoms with E-state index in [-0.39, 0.29) is 29.7 Å². The van der Waals surface area contributed by atoms with E-state index in [0.717, 1.165) is 5.56 Å². The summed E-state index contributed by atoms with van der Waals surface area (Å²) >= 11 is 6.15. The first-order chi connectivity index (χ1) is 13.7. The Morgan fingerprint density at radius 1 is 1.21 bits per heavy atom. The number of aryl methyl sites for hydroxylation is 1. The van der Waals surface area contributed by atoms with Gasteiger partial charge in [-0.2, -0.15) is 0 Å². The number of benzene rings is 2. The van der Waals surface area contributed by atoms with Gasteiger partial charge in [-0.05, 0) is 48.9 Å². The maximum atomic E-state index is 12.6. The fraction of sp³-hybridized carbons (Fsp3) is 0.300. The molecule has 2 aromatic carbocycles. The smallest absolute Gasteiger partial charge is 0.240 e. The maximum absolute atomic E-state index is 12.6. The third kappa shape index (κ3) is 4.77. The van der Waals surface area contributed by atoms with E-state index in [4.69, 9.17) is 11.6 Å². The molecule has 1 saturated heterocycles. The molecular formula is C20H22ClN3O4S. The van der Waals surface area contributed by atoms with Crippen LogP contribution in [0, 0.1) is 12.8 Å². The second kappa shape index (κ2) is 8.52. The second-order valence-corrected chi connectivity index (χ2v) is 9.03. The second-order valence-electron chi connectivity index (χ2n) is 6.85. The van der Waals surface area contributed by atoms with Gasteiger partial charge >= 0.3 is 0 Å². The van der Waals surface area contributed by atoms with Gasteiger partial charge < -0.3 is 10.2 Å². The van der Waals surface area contributed by atoms with E-state index in [1.165, 1.54) is 24.3 Å². The Labute approximate surface area is 175 Å². The summed E-state index contributed by atoms with van der Waals surface area (Å²) < 4.78 is 26.4. The molecule has 3 rings (SSSR count). The van der Waals surface area contributed by atoms with Crippen LogP contribution in [-0.2, 0) is 19.6 Å². The number of anilines is 2. The standard InChI is InChI=1S/C20H22ClN3O4S/c1-3-22-29(27,28)17-8-5-15(6-9-17)23-20(26)14-10-19(25)24(12-14)16-7-4-13(2)18(21)11-16/h4-9,11,14,22H,3,10,12H2,1-2H3,(H,23,26)/t14-/m0/s1. The van der Waals surface area contributed by atoms with Crippen molar-refractivity contribution in [3.05, 3.63) is 53.1 Å². The number of carbonyl (C=O) groups is 2. The zero-order valence-electron chi connectivity index (χ0n) is 16.1. The zero-order chi connectivity index (χ0) is 21.2. The molecule has 1 atom stereocenters. The van der Waals surface area contributed by atoms with Crippen LogP contribution in [0.2, 0.25) is 5.02 Å². The number of amides is 2. The lowest BCUT2D eigenvalue weighted by molar-refractivity contribution is -0.122. The molecule has 0 saturated carbocycles. The van der Waals surface area contributed by atoms with Gasteiger partial charge in [0, 0.05) is 35.9 Å². The lowest BCUT2D eigenvalue weighted by Gasteiger charge is -2.17. The van der Waals surface area contributed by atoms with Gasteiger partial charge in [-0.3, -0.25) is 9.59 Å². The lowest BCUT2D eigenvalue weighted by Crippen LogP contribution is -2.28. The molecule has 0 bridgehead atoms. The summed E-state index contributed by atoms with van der Waals surface area (Å²) in [6.45, 7) is 4.13. The summed E-state index contributed by atoms with van der Waals surface area (Å²) in [6, 6.07) is 11.3. The Hall–Kier alpha value is -2.42. The molecule has 2 aromatic rings. The molecule has 0 aliphatic carbocycles. The summed E-state index contributed by atoms with van der Waals surface area (Å²) in [6.07, 6.45) is 0.101. The fourth-order valence-electron chi connectivity index (χ4n) is 3.12. The van der Waals surface area contributed by atoms with Crippen molar-refractivity contribution in [2.75, 3.05) is 23.3 Å². The molecule has 9 heteroatoms. The van der Waals surface area contributed by atoms with Crippen molar-refractivity contribution in [1.82, 2.24) is 4.72 Å². The van der Waals surface area contributed by atoms with Crippen LogP contribution in [0.1, 0.15) is 18.9 Å². The van der Waals surface area contributed by atoms with Crippen LogP contribution in [0.5, 0.6) is 0 Å². The first kappa shape index (κ1) is 21.3. The molecular weight excluding hydrogens is 414 g/mol. The highest BCUT2D eigenvalue weighted by molar-refractivity contribution is 7.89. The molecule has 1 aliphatic heterocycles. The van der Waals surface area contributed by atoms with E-state index in [9.17, 15) is 18.0 Å². The normalized spacial score (nSPS) is 16.9. The number of nitrogens with zero attached hydrogens (tertiary/aromatic N) is 1. The number of hydrogen-bond acceptors (Lipinski definition) is 4. The molecule has 1 fully saturated rings. The molecule has 0 unspecified atom stereocenters. The van der Waals surface area contributed by atoms with Crippen molar-refractivity contribution in [2.45, 2.75) is 25.2 Å². The minimum atomic E-state index is -3.55. The van der Waals surface area contributed by atoms with Gasteiger partial charge in [-0.25, -0.2) is 13.1 Å². The number of sulfonamides is 1. The van der Waals surface area contributed by atoms with E-state index >= 15 is 0 Å². The third-order valence-corrected chi connectivity index (χ3v) is 6.70. The summed E-state index contributed by atoms with van der Waals surface area (Å²) in [7, 11) is -3.55. The van der Waals surface area contributed by atoms with Gasteiger partial charge in [0.1, 0.15) is 0 Å². The number of hydrogen-bond donors (Lipinski definition) is 2. The first-order valence-electron chi connectivity index (χ1n) is 9.18. The summed E-state index contributed by atoms with van der Waals surface area (Å²) in [5, 5.41) is 3.31. The van der Waals surface area contributed by atoms with Gasteiger partial charge in [-0.1, -0.05) is 24.6 Å². The zero-order valence-corrected chi connectivity index (χ0v) is 17.7. The van der Waals surface area contributed by atoms with Crippen molar-refractivity contribution >= 4 is 44.8 Å². The number of carbonyl (C=O) groups excluding carboxylic acids is 2. The largest absolute Gasteiger partial charge is 0.326 e. The molecule has 0 spiro atoms. The van der Waals surface area contributed by atoms with Gasteiger partial charge in [0.15, 0.2) is 0 Å². The summed E-state index contributed by atoms with van der Waals surface area (Å²) in [4.78, 5) is 26.7. The van der Waals surface area contributed by atoms with Crippen LogP contribution >= 0.6 is 11.6 Å². The van der Waals surface area contributed by atoms with Crippen molar-refractivity contribution in [3.63, 3.8) is 0 Å². The highest BCUT2D eigenvalue weighted by atomic mass is 35.5. The molecule has 1 heterocycles. The third-order valence-electron chi connectivity index (χ3n) is 4.73. The van der Waals surface area contributed by atoms with Crippen molar-refractivity contribution in [3.8, 4) is 0 Å². The van der Waals surface area contributed by atoms with Crippen LogP contribution in [0.25, 0.3) is 0 Å². The van der Waals surface area contributed by atoms with Gasteiger partial charge in [-0.15, -0.1) is 0 Å². The average Bonchev–Trinajstić information content (AvgIpc) is 3.06. The SMILES string of the molecule is CCNS(=O)(=O)c1ccc(NC(=O)[C@H]2CC(=O)N(c3ccc(C)c(Cl)c3)C2)cc1. The Morgan fingerprint density at radius 2 is 1.90 bits per heavy atom. The molecule has 154 valence electrons. The van der Waals surface area contributed by atoms with Crippen molar-refractivity contribution < 1.29 is 18.0 Å². The van der Waals surface area contributed by atoms with E-state index in [1.807, 2.05) is 19.1 Å². The topological polar surface area (TPSA) is 95.6 Å². The van der Waals surface area contributed by atoms with Crippen LogP contribution in [0.4, 0.5) is 11.4 Å². The fourth-order valence-corrected chi connectivity index (χ4v) is 4.33. The molecule has 1 aliphatic rings.